The molecule has 2 aromatic carbocycles. The topological polar surface area (TPSA) is 75.3 Å². The highest BCUT2D eigenvalue weighted by Gasteiger charge is 2.24. The van der Waals surface area contributed by atoms with Gasteiger partial charge in [0.25, 0.3) is 11.5 Å². The smallest absolute Gasteiger partial charge is 0.273 e. The van der Waals surface area contributed by atoms with Gasteiger partial charge in [-0.25, -0.2) is 4.39 Å². The zero-order chi connectivity index (χ0) is 22.7. The first-order valence-electron chi connectivity index (χ1n) is 9.75. The van der Waals surface area contributed by atoms with Crippen molar-refractivity contribution >= 4 is 40.5 Å². The van der Waals surface area contributed by atoms with Gasteiger partial charge in [0.2, 0.25) is 0 Å². The van der Waals surface area contributed by atoms with Gasteiger partial charge in [-0.05, 0) is 42.0 Å². The van der Waals surface area contributed by atoms with Gasteiger partial charge in [0.15, 0.2) is 5.57 Å². The van der Waals surface area contributed by atoms with Gasteiger partial charge in [-0.2, -0.15) is 5.26 Å². The summed E-state index contributed by atoms with van der Waals surface area (Å²) in [6.45, 7) is 1.47. The van der Waals surface area contributed by atoms with Crippen LogP contribution in [0.3, 0.4) is 0 Å². The van der Waals surface area contributed by atoms with Crippen LogP contribution < -0.4 is 14.8 Å². The van der Waals surface area contributed by atoms with Gasteiger partial charge in [-0.1, -0.05) is 29.8 Å². The lowest BCUT2D eigenvalue weighted by atomic mass is 10.2. The maximum atomic E-state index is 13.5. The lowest BCUT2D eigenvalue weighted by Gasteiger charge is -2.26. The monoisotopic (exact) mass is 469 g/mol. The van der Waals surface area contributed by atoms with Gasteiger partial charge in [0.05, 0.1) is 23.4 Å². The summed E-state index contributed by atoms with van der Waals surface area (Å²) in [5.74, 6) is -0.937. The van der Waals surface area contributed by atoms with Crippen molar-refractivity contribution < 1.29 is 13.9 Å². The second-order valence-corrected chi connectivity index (χ2v) is 8.38. The van der Waals surface area contributed by atoms with Crippen molar-refractivity contribution in [3.05, 3.63) is 84.5 Å². The van der Waals surface area contributed by atoms with Crippen LogP contribution >= 0.6 is 22.9 Å². The molecule has 1 amide bonds. The number of hydrogen-bond acceptors (Lipinski definition) is 5. The molecule has 0 N–H and O–H groups in total. The molecule has 2 heterocycles. The van der Waals surface area contributed by atoms with E-state index >= 15 is 0 Å². The highest BCUT2D eigenvalue weighted by molar-refractivity contribution is 7.07. The van der Waals surface area contributed by atoms with E-state index < -0.39 is 17.3 Å². The summed E-state index contributed by atoms with van der Waals surface area (Å²) in [7, 11) is 0. The van der Waals surface area contributed by atoms with E-state index in [1.54, 1.807) is 30.3 Å². The van der Waals surface area contributed by atoms with Gasteiger partial charge < -0.3 is 9.64 Å². The van der Waals surface area contributed by atoms with E-state index in [9.17, 15) is 19.2 Å². The number of amides is 1. The van der Waals surface area contributed by atoms with Crippen molar-refractivity contribution in [2.24, 2.45) is 0 Å². The molecule has 0 radical (unpaired) electrons. The molecule has 1 aliphatic rings. The standard InChI is InChI=1S/C23H17ClFN3O3S/c24-19-4-2-1-3-15(19)13-20-22(30)28(17-7-5-16(25)6-8-17)23(32-20)18(14-26)21(29)27-9-11-31-12-10-27/h1-8,13H,9-12H2/b20-13+,23-18-. The SMILES string of the molecule is N#C/C(C(=O)N1CCOCC1)=c1/s/c(=C/c2ccccc2Cl)c(=O)n1-c1ccc(F)cc1. The van der Waals surface area contributed by atoms with Gasteiger partial charge >= 0.3 is 0 Å². The van der Waals surface area contributed by atoms with E-state index in [1.165, 1.54) is 33.7 Å². The third kappa shape index (κ3) is 4.36. The highest BCUT2D eigenvalue weighted by atomic mass is 35.5. The molecule has 0 unspecified atom stereocenters. The van der Waals surface area contributed by atoms with Crippen LogP contribution in [0.15, 0.2) is 53.3 Å². The van der Waals surface area contributed by atoms with E-state index in [1.807, 2.05) is 6.07 Å². The zero-order valence-electron chi connectivity index (χ0n) is 16.8. The first-order chi connectivity index (χ1) is 15.5. The number of benzene rings is 2. The predicted octanol–water partition coefficient (Wildman–Crippen LogP) is 2.05. The third-order valence-electron chi connectivity index (χ3n) is 4.94. The van der Waals surface area contributed by atoms with Gasteiger partial charge in [0, 0.05) is 18.1 Å². The van der Waals surface area contributed by atoms with Crippen molar-refractivity contribution in [1.29, 1.82) is 5.26 Å². The number of thiazole rings is 1. The van der Waals surface area contributed by atoms with E-state index in [-0.39, 0.29) is 10.2 Å². The predicted molar refractivity (Wildman–Crippen MR) is 121 cm³/mol. The molecule has 0 bridgehead atoms. The second kappa shape index (κ2) is 9.49. The minimum absolute atomic E-state index is 0.155. The zero-order valence-corrected chi connectivity index (χ0v) is 18.3. The van der Waals surface area contributed by atoms with E-state index in [0.717, 1.165) is 11.3 Å². The molecule has 3 aromatic rings. The van der Waals surface area contributed by atoms with Crippen molar-refractivity contribution in [3.63, 3.8) is 0 Å². The van der Waals surface area contributed by atoms with Crippen molar-refractivity contribution in [2.45, 2.75) is 0 Å². The number of nitriles is 1. The van der Waals surface area contributed by atoms with Crippen molar-refractivity contribution in [3.8, 4) is 11.8 Å². The summed E-state index contributed by atoms with van der Waals surface area (Å²) < 4.78 is 20.5. The number of aromatic nitrogens is 1. The Kier molecular flexibility index (Phi) is 6.51. The van der Waals surface area contributed by atoms with E-state index in [0.29, 0.717) is 47.1 Å². The Labute approximate surface area is 191 Å². The Balaban J connectivity index is 2.00. The number of carbonyl (C=O) groups excluding carboxylic acids is 1. The largest absolute Gasteiger partial charge is 0.378 e. The molecule has 1 aromatic heterocycles. The van der Waals surface area contributed by atoms with Crippen molar-refractivity contribution in [1.82, 2.24) is 9.47 Å². The maximum absolute atomic E-state index is 13.5. The summed E-state index contributed by atoms with van der Waals surface area (Å²) in [5.41, 5.74) is 0.392. The molecule has 0 atom stereocenters. The average Bonchev–Trinajstić information content (AvgIpc) is 3.12. The van der Waals surface area contributed by atoms with E-state index in [2.05, 4.69) is 0 Å². The molecule has 0 saturated carbocycles. The number of halogens is 2. The molecule has 32 heavy (non-hydrogen) atoms. The molecule has 162 valence electrons. The fraction of sp³-hybridized carbons (Fsp3) is 0.174. The lowest BCUT2D eigenvalue weighted by molar-refractivity contribution is -0.128. The fourth-order valence-electron chi connectivity index (χ4n) is 3.32. The third-order valence-corrected chi connectivity index (χ3v) is 6.37. The number of nitrogens with zero attached hydrogens (tertiary/aromatic N) is 3. The highest BCUT2D eigenvalue weighted by Crippen LogP contribution is 2.15. The van der Waals surface area contributed by atoms with Gasteiger partial charge in [-0.15, -0.1) is 11.3 Å². The van der Waals surface area contributed by atoms with E-state index in [4.69, 9.17) is 16.3 Å². The summed E-state index contributed by atoms with van der Waals surface area (Å²) in [6, 6.07) is 14.3. The summed E-state index contributed by atoms with van der Waals surface area (Å²) in [4.78, 5) is 28.0. The van der Waals surface area contributed by atoms with Crippen LogP contribution in [0.4, 0.5) is 4.39 Å². The molecule has 1 fully saturated rings. The van der Waals surface area contributed by atoms with Crippen molar-refractivity contribution in [2.75, 3.05) is 26.3 Å². The van der Waals surface area contributed by atoms with Gasteiger partial charge in [0.1, 0.15) is 16.5 Å². The Morgan fingerprint density at radius 3 is 2.50 bits per heavy atom. The molecular weight excluding hydrogens is 453 g/mol. The Morgan fingerprint density at radius 1 is 1.16 bits per heavy atom. The number of ether oxygens (including phenoxy) is 1. The number of rotatable bonds is 3. The van der Waals surface area contributed by atoms with Crippen LogP contribution in [-0.4, -0.2) is 41.7 Å². The molecule has 9 heteroatoms. The van der Waals surface area contributed by atoms with Crippen LogP contribution in [0, 0.1) is 17.1 Å². The van der Waals surface area contributed by atoms with Crippen LogP contribution in [0.1, 0.15) is 5.56 Å². The number of hydrogen-bond donors (Lipinski definition) is 0. The molecular formula is C23H17ClFN3O3S. The fourth-order valence-corrected chi connectivity index (χ4v) is 4.60. The second-order valence-electron chi connectivity index (χ2n) is 6.95. The Bertz CT molecular complexity index is 1380. The van der Waals surface area contributed by atoms with Crippen LogP contribution in [0.2, 0.25) is 5.02 Å². The first-order valence-corrected chi connectivity index (χ1v) is 10.9. The molecule has 0 aliphatic carbocycles. The minimum Gasteiger partial charge on any atom is -0.378 e. The molecule has 4 rings (SSSR count). The first kappa shape index (κ1) is 22.0. The molecule has 6 nitrogen and oxygen atoms in total. The number of morpholine rings is 1. The lowest BCUT2D eigenvalue weighted by Crippen LogP contribution is -2.42. The normalized spacial score (nSPS) is 15.4. The van der Waals surface area contributed by atoms with Crippen LogP contribution in [-0.2, 0) is 9.53 Å². The van der Waals surface area contributed by atoms with Crippen LogP contribution in [0.5, 0.6) is 0 Å². The number of carbonyl (C=O) groups is 1. The Morgan fingerprint density at radius 2 is 1.84 bits per heavy atom. The summed E-state index contributed by atoms with van der Waals surface area (Å²) in [6.07, 6.45) is 1.62. The van der Waals surface area contributed by atoms with Crippen LogP contribution in [0.25, 0.3) is 17.3 Å². The quantitative estimate of drug-likeness (QED) is 0.588. The minimum atomic E-state index is -0.475. The molecule has 1 saturated heterocycles. The summed E-state index contributed by atoms with van der Waals surface area (Å²) in [5, 5.41) is 10.3. The summed E-state index contributed by atoms with van der Waals surface area (Å²) >= 11 is 7.26. The molecule has 0 spiro atoms. The average molecular weight is 470 g/mol. The molecule has 1 aliphatic heterocycles. The maximum Gasteiger partial charge on any atom is 0.273 e. The van der Waals surface area contributed by atoms with Gasteiger partial charge in [-0.3, -0.25) is 14.2 Å². The Hall–Kier alpha value is -3.25.